The maximum absolute atomic E-state index is 12.8. The second kappa shape index (κ2) is 6.35. The van der Waals surface area contributed by atoms with Crippen molar-refractivity contribution in [2.75, 3.05) is 11.9 Å². The standard InChI is InChI=1S/C17H23N3O3.ClH/c1-16(2)13-12(4-3-9-23-13)17(16,19)15(22)20-11-7-5-10(6-8-11)14(18)21;/h5-8,12-13H,3-4,9,19H2,1-2H3,(H2,18,21)(H,20,22);1H. The van der Waals surface area contributed by atoms with Crippen LogP contribution in [0, 0.1) is 11.3 Å². The van der Waals surface area contributed by atoms with Crippen LogP contribution in [0.3, 0.4) is 0 Å². The second-order valence-corrected chi connectivity index (χ2v) is 7.03. The maximum Gasteiger partial charge on any atom is 0.248 e. The lowest BCUT2D eigenvalue weighted by Crippen LogP contribution is -2.81. The number of primary amides is 1. The highest BCUT2D eigenvalue weighted by Gasteiger charge is 2.70. The van der Waals surface area contributed by atoms with Gasteiger partial charge in [0.15, 0.2) is 0 Å². The molecule has 5 N–H and O–H groups in total. The van der Waals surface area contributed by atoms with Crippen LogP contribution in [0.1, 0.15) is 37.0 Å². The number of nitrogens with two attached hydrogens (primary N) is 2. The molecule has 1 aromatic carbocycles. The summed E-state index contributed by atoms with van der Waals surface area (Å²) in [5.74, 6) is -0.669. The topological polar surface area (TPSA) is 107 Å². The third-order valence-corrected chi connectivity index (χ3v) is 5.49. The molecule has 0 aromatic heterocycles. The summed E-state index contributed by atoms with van der Waals surface area (Å²) >= 11 is 0. The van der Waals surface area contributed by atoms with Crippen LogP contribution in [0.2, 0.25) is 0 Å². The zero-order chi connectivity index (χ0) is 16.8. The highest BCUT2D eigenvalue weighted by atomic mass is 35.5. The fraction of sp³-hybridized carbons (Fsp3) is 0.529. The van der Waals surface area contributed by atoms with Gasteiger partial charge in [-0.25, -0.2) is 0 Å². The molecule has 3 rings (SSSR count). The first-order valence-corrected chi connectivity index (χ1v) is 7.90. The van der Waals surface area contributed by atoms with E-state index in [1.165, 1.54) is 0 Å². The molecule has 7 heteroatoms. The zero-order valence-electron chi connectivity index (χ0n) is 13.9. The highest BCUT2D eigenvalue weighted by Crippen LogP contribution is 2.57. The van der Waals surface area contributed by atoms with Crippen LogP contribution in [0.25, 0.3) is 0 Å². The molecule has 2 aliphatic rings. The van der Waals surface area contributed by atoms with Crippen LogP contribution in [0.15, 0.2) is 24.3 Å². The first-order chi connectivity index (χ1) is 10.8. The van der Waals surface area contributed by atoms with Gasteiger partial charge >= 0.3 is 0 Å². The average molecular weight is 354 g/mol. The van der Waals surface area contributed by atoms with Gasteiger partial charge in [-0.15, -0.1) is 12.4 Å². The van der Waals surface area contributed by atoms with Crippen molar-refractivity contribution in [3.8, 4) is 0 Å². The number of amides is 2. The predicted octanol–water partition coefficient (Wildman–Crippen LogP) is 1.68. The molecular weight excluding hydrogens is 330 g/mol. The number of hydrogen-bond donors (Lipinski definition) is 3. The number of rotatable bonds is 3. The van der Waals surface area contributed by atoms with Crippen molar-refractivity contribution in [3.05, 3.63) is 29.8 Å². The summed E-state index contributed by atoms with van der Waals surface area (Å²) in [6, 6.07) is 6.48. The number of halogens is 1. The van der Waals surface area contributed by atoms with Crippen LogP contribution < -0.4 is 16.8 Å². The van der Waals surface area contributed by atoms with E-state index in [1.54, 1.807) is 24.3 Å². The van der Waals surface area contributed by atoms with Gasteiger partial charge in [-0.3, -0.25) is 9.59 Å². The Labute approximate surface area is 147 Å². The van der Waals surface area contributed by atoms with Crippen molar-refractivity contribution in [2.45, 2.75) is 38.3 Å². The molecule has 1 aliphatic carbocycles. The Morgan fingerprint density at radius 3 is 2.46 bits per heavy atom. The van der Waals surface area contributed by atoms with Gasteiger partial charge < -0.3 is 21.5 Å². The summed E-state index contributed by atoms with van der Waals surface area (Å²) in [7, 11) is 0. The Hall–Kier alpha value is -1.63. The molecule has 1 aromatic rings. The number of ether oxygens (including phenoxy) is 1. The lowest BCUT2D eigenvalue weighted by atomic mass is 9.46. The largest absolute Gasteiger partial charge is 0.377 e. The number of carbonyl (C=O) groups excluding carboxylic acids is 2. The molecule has 6 nitrogen and oxygen atoms in total. The van der Waals surface area contributed by atoms with Crippen LogP contribution in [0.5, 0.6) is 0 Å². The Morgan fingerprint density at radius 2 is 1.88 bits per heavy atom. The third-order valence-electron chi connectivity index (χ3n) is 5.49. The molecule has 3 atom stereocenters. The summed E-state index contributed by atoms with van der Waals surface area (Å²) in [6.07, 6.45) is 1.86. The number of anilines is 1. The number of hydrogen-bond acceptors (Lipinski definition) is 4. The predicted molar refractivity (Wildman–Crippen MR) is 94.0 cm³/mol. The van der Waals surface area contributed by atoms with Crippen LogP contribution in [0.4, 0.5) is 5.69 Å². The molecule has 1 saturated heterocycles. The van der Waals surface area contributed by atoms with Crippen molar-refractivity contribution < 1.29 is 14.3 Å². The Morgan fingerprint density at radius 1 is 1.25 bits per heavy atom. The summed E-state index contributed by atoms with van der Waals surface area (Å²) in [5, 5.41) is 2.87. The minimum absolute atomic E-state index is 0. The lowest BCUT2D eigenvalue weighted by molar-refractivity contribution is -0.222. The summed E-state index contributed by atoms with van der Waals surface area (Å²) in [6.45, 7) is 4.70. The maximum atomic E-state index is 12.8. The van der Waals surface area contributed by atoms with Crippen molar-refractivity contribution in [1.82, 2.24) is 0 Å². The SMILES string of the molecule is CC1(C)C2OCCCC2C1(N)C(=O)Nc1ccc(C(N)=O)cc1.Cl. The molecule has 132 valence electrons. The first-order valence-electron chi connectivity index (χ1n) is 7.90. The molecule has 0 spiro atoms. The van der Waals surface area contributed by atoms with Gasteiger partial charge in [-0.2, -0.15) is 0 Å². The molecule has 2 amide bonds. The fourth-order valence-corrected chi connectivity index (χ4v) is 3.99. The van der Waals surface area contributed by atoms with Gasteiger partial charge in [0.1, 0.15) is 5.54 Å². The molecular formula is C17H24ClN3O3. The Balaban J connectivity index is 0.00000208. The van der Waals surface area contributed by atoms with E-state index in [1.807, 2.05) is 13.8 Å². The molecule has 0 radical (unpaired) electrons. The minimum atomic E-state index is -0.958. The molecule has 1 heterocycles. The van der Waals surface area contributed by atoms with E-state index in [2.05, 4.69) is 5.32 Å². The molecule has 24 heavy (non-hydrogen) atoms. The number of carbonyl (C=O) groups is 2. The van der Waals surface area contributed by atoms with Crippen molar-refractivity contribution in [2.24, 2.45) is 22.8 Å². The monoisotopic (exact) mass is 353 g/mol. The number of nitrogens with one attached hydrogen (secondary N) is 1. The van der Waals surface area contributed by atoms with Gasteiger partial charge in [-0.05, 0) is 37.1 Å². The molecule has 1 aliphatic heterocycles. The van der Waals surface area contributed by atoms with E-state index in [-0.39, 0.29) is 30.3 Å². The molecule has 2 fully saturated rings. The number of benzene rings is 1. The second-order valence-electron chi connectivity index (χ2n) is 7.03. The van der Waals surface area contributed by atoms with E-state index in [9.17, 15) is 9.59 Å². The Kier molecular flexibility index (Phi) is 4.95. The zero-order valence-corrected chi connectivity index (χ0v) is 14.7. The lowest BCUT2D eigenvalue weighted by Gasteiger charge is -2.65. The summed E-state index contributed by atoms with van der Waals surface area (Å²) in [4.78, 5) is 23.9. The highest BCUT2D eigenvalue weighted by molar-refractivity contribution is 6.00. The van der Waals surface area contributed by atoms with E-state index in [4.69, 9.17) is 16.2 Å². The van der Waals surface area contributed by atoms with Crippen molar-refractivity contribution in [3.63, 3.8) is 0 Å². The van der Waals surface area contributed by atoms with E-state index < -0.39 is 16.9 Å². The number of fused-ring (bicyclic) bond motifs is 1. The average Bonchev–Trinajstić information content (AvgIpc) is 2.54. The normalized spacial score (nSPS) is 30.3. The van der Waals surface area contributed by atoms with Gasteiger partial charge in [0, 0.05) is 29.2 Å². The van der Waals surface area contributed by atoms with E-state index >= 15 is 0 Å². The van der Waals surface area contributed by atoms with Gasteiger partial charge in [0.2, 0.25) is 11.8 Å². The minimum Gasteiger partial charge on any atom is -0.377 e. The molecule has 3 unspecified atom stereocenters. The van der Waals surface area contributed by atoms with Gasteiger partial charge in [0.25, 0.3) is 0 Å². The van der Waals surface area contributed by atoms with Crippen LogP contribution in [-0.4, -0.2) is 30.1 Å². The Bertz CT molecular complexity index is 647. The van der Waals surface area contributed by atoms with E-state index in [0.29, 0.717) is 11.3 Å². The van der Waals surface area contributed by atoms with Crippen LogP contribution in [-0.2, 0) is 9.53 Å². The third kappa shape index (κ3) is 2.59. The quantitative estimate of drug-likeness (QED) is 0.768. The first kappa shape index (κ1) is 18.7. The van der Waals surface area contributed by atoms with Crippen molar-refractivity contribution in [1.29, 1.82) is 0 Å². The van der Waals surface area contributed by atoms with E-state index in [0.717, 1.165) is 19.4 Å². The summed E-state index contributed by atoms with van der Waals surface area (Å²) in [5.41, 5.74) is 11.4. The van der Waals surface area contributed by atoms with Crippen LogP contribution >= 0.6 is 12.4 Å². The van der Waals surface area contributed by atoms with Gasteiger partial charge in [0.05, 0.1) is 6.10 Å². The fourth-order valence-electron chi connectivity index (χ4n) is 3.99. The van der Waals surface area contributed by atoms with Crippen molar-refractivity contribution >= 4 is 29.9 Å². The van der Waals surface area contributed by atoms with Gasteiger partial charge in [-0.1, -0.05) is 13.8 Å². The molecule has 1 saturated carbocycles. The molecule has 0 bridgehead atoms. The smallest absolute Gasteiger partial charge is 0.248 e. The summed E-state index contributed by atoms with van der Waals surface area (Å²) < 4.78 is 5.82.